The third kappa shape index (κ3) is 5.02. The highest BCUT2D eigenvalue weighted by atomic mass is 16.2. The summed E-state index contributed by atoms with van der Waals surface area (Å²) in [6, 6.07) is 0.476. The molecule has 4 nitrogen and oxygen atoms in total. The molecule has 0 bridgehead atoms. The van der Waals surface area contributed by atoms with Crippen molar-refractivity contribution in [1.82, 2.24) is 10.2 Å². The van der Waals surface area contributed by atoms with E-state index in [1.54, 1.807) is 0 Å². The lowest BCUT2D eigenvalue weighted by Crippen LogP contribution is -2.49. The van der Waals surface area contributed by atoms with Gasteiger partial charge in [-0.1, -0.05) is 13.8 Å². The maximum Gasteiger partial charge on any atom is 0.317 e. The molecule has 2 amide bonds. The van der Waals surface area contributed by atoms with Crippen LogP contribution in [0.25, 0.3) is 0 Å². The first-order chi connectivity index (χ1) is 7.06. The second-order valence-corrected chi connectivity index (χ2v) is 4.06. The van der Waals surface area contributed by atoms with Gasteiger partial charge in [0.1, 0.15) is 0 Å². The molecule has 0 aromatic rings. The Hall–Kier alpha value is -0.770. The van der Waals surface area contributed by atoms with Crippen LogP contribution in [-0.2, 0) is 0 Å². The van der Waals surface area contributed by atoms with Crippen molar-refractivity contribution in [2.24, 2.45) is 5.73 Å². The summed E-state index contributed by atoms with van der Waals surface area (Å²) >= 11 is 0. The Balaban J connectivity index is 4.41. The van der Waals surface area contributed by atoms with E-state index in [9.17, 15) is 4.79 Å². The average molecular weight is 215 g/mol. The summed E-state index contributed by atoms with van der Waals surface area (Å²) in [7, 11) is 0. The lowest BCUT2D eigenvalue weighted by molar-refractivity contribution is 0.169. The zero-order chi connectivity index (χ0) is 11.8. The molecule has 3 N–H and O–H groups in total. The van der Waals surface area contributed by atoms with Crippen molar-refractivity contribution in [2.45, 2.75) is 52.6 Å². The molecule has 0 fully saturated rings. The van der Waals surface area contributed by atoms with Gasteiger partial charge in [-0.15, -0.1) is 0 Å². The predicted molar refractivity (Wildman–Crippen MR) is 63.8 cm³/mol. The van der Waals surface area contributed by atoms with Gasteiger partial charge in [0, 0.05) is 25.2 Å². The van der Waals surface area contributed by atoms with Crippen molar-refractivity contribution in [2.75, 3.05) is 13.1 Å². The summed E-state index contributed by atoms with van der Waals surface area (Å²) in [5.41, 5.74) is 5.52. The predicted octanol–water partition coefficient (Wildman–Crippen LogP) is 1.55. The van der Waals surface area contributed by atoms with Crippen LogP contribution < -0.4 is 11.1 Å². The molecule has 0 rings (SSSR count). The van der Waals surface area contributed by atoms with Crippen molar-refractivity contribution in [3.8, 4) is 0 Å². The van der Waals surface area contributed by atoms with Gasteiger partial charge >= 0.3 is 6.03 Å². The number of nitrogens with one attached hydrogen (secondary N) is 1. The summed E-state index contributed by atoms with van der Waals surface area (Å²) in [5, 5.41) is 2.91. The molecule has 0 heterocycles. The molecule has 4 heteroatoms. The highest BCUT2D eigenvalue weighted by molar-refractivity contribution is 5.74. The van der Waals surface area contributed by atoms with Crippen LogP contribution in [0.3, 0.4) is 0 Å². The first-order valence-electron chi connectivity index (χ1n) is 5.83. The van der Waals surface area contributed by atoms with Crippen molar-refractivity contribution < 1.29 is 4.79 Å². The van der Waals surface area contributed by atoms with Crippen molar-refractivity contribution in [1.29, 1.82) is 0 Å². The van der Waals surface area contributed by atoms with E-state index >= 15 is 0 Å². The molecular weight excluding hydrogens is 190 g/mol. The second kappa shape index (κ2) is 7.51. The standard InChI is InChI=1S/C11H25N3O/c1-5-10(6-2)14(8-7-12)11(15)13-9(3)4/h9-10H,5-8,12H2,1-4H3,(H,13,15). The summed E-state index contributed by atoms with van der Waals surface area (Å²) in [4.78, 5) is 13.7. The molecule has 0 aromatic carbocycles. The van der Waals surface area contributed by atoms with Crippen LogP contribution in [0, 0.1) is 0 Å². The number of nitrogens with two attached hydrogens (primary N) is 1. The van der Waals surface area contributed by atoms with Gasteiger partial charge in [-0.3, -0.25) is 0 Å². The zero-order valence-corrected chi connectivity index (χ0v) is 10.4. The van der Waals surface area contributed by atoms with Gasteiger partial charge in [0.15, 0.2) is 0 Å². The van der Waals surface area contributed by atoms with E-state index in [0.717, 1.165) is 12.8 Å². The molecule has 0 saturated heterocycles. The quantitative estimate of drug-likeness (QED) is 0.706. The number of urea groups is 1. The van der Waals surface area contributed by atoms with Crippen LogP contribution in [0.1, 0.15) is 40.5 Å². The molecule has 0 aliphatic heterocycles. The van der Waals surface area contributed by atoms with Crippen LogP contribution in [0.15, 0.2) is 0 Å². The van der Waals surface area contributed by atoms with E-state index in [1.807, 2.05) is 18.7 Å². The number of carbonyl (C=O) groups excluding carboxylic acids is 1. The Labute approximate surface area is 93.2 Å². The Kier molecular flexibility index (Phi) is 7.13. The fourth-order valence-corrected chi connectivity index (χ4v) is 1.65. The van der Waals surface area contributed by atoms with Gasteiger partial charge in [0.05, 0.1) is 0 Å². The van der Waals surface area contributed by atoms with E-state index in [2.05, 4.69) is 19.2 Å². The molecule has 0 unspecified atom stereocenters. The van der Waals surface area contributed by atoms with E-state index in [4.69, 9.17) is 5.73 Å². The van der Waals surface area contributed by atoms with Crippen molar-refractivity contribution in [3.63, 3.8) is 0 Å². The minimum Gasteiger partial charge on any atom is -0.336 e. The lowest BCUT2D eigenvalue weighted by atomic mass is 10.1. The molecule has 0 atom stereocenters. The van der Waals surface area contributed by atoms with E-state index < -0.39 is 0 Å². The molecule has 90 valence electrons. The molecule has 0 saturated carbocycles. The SMILES string of the molecule is CCC(CC)N(CCN)C(=O)NC(C)C. The maximum absolute atomic E-state index is 11.9. The van der Waals surface area contributed by atoms with Gasteiger partial charge in [-0.25, -0.2) is 4.79 Å². The topological polar surface area (TPSA) is 58.4 Å². The largest absolute Gasteiger partial charge is 0.336 e. The van der Waals surface area contributed by atoms with Crippen LogP contribution in [0.5, 0.6) is 0 Å². The fourth-order valence-electron chi connectivity index (χ4n) is 1.65. The molecule has 0 aromatic heterocycles. The normalized spacial score (nSPS) is 10.9. The number of amides is 2. The average Bonchev–Trinajstić information content (AvgIpc) is 2.17. The number of hydrogen-bond donors (Lipinski definition) is 2. The fraction of sp³-hybridized carbons (Fsp3) is 0.909. The monoisotopic (exact) mass is 215 g/mol. The molecule has 0 aliphatic carbocycles. The molecule has 0 spiro atoms. The van der Waals surface area contributed by atoms with Gasteiger partial charge in [0.25, 0.3) is 0 Å². The van der Waals surface area contributed by atoms with Crippen LogP contribution in [0.2, 0.25) is 0 Å². The molecule has 0 radical (unpaired) electrons. The summed E-state index contributed by atoms with van der Waals surface area (Å²) < 4.78 is 0. The molecular formula is C11H25N3O. The van der Waals surface area contributed by atoms with Crippen molar-refractivity contribution >= 4 is 6.03 Å². The number of nitrogens with zero attached hydrogens (tertiary/aromatic N) is 1. The Morgan fingerprint density at radius 3 is 2.20 bits per heavy atom. The third-order valence-electron chi connectivity index (χ3n) is 2.43. The number of hydrogen-bond acceptors (Lipinski definition) is 2. The first kappa shape index (κ1) is 14.2. The Morgan fingerprint density at radius 2 is 1.87 bits per heavy atom. The van der Waals surface area contributed by atoms with Gasteiger partial charge in [-0.2, -0.15) is 0 Å². The third-order valence-corrected chi connectivity index (χ3v) is 2.43. The van der Waals surface area contributed by atoms with E-state index in [0.29, 0.717) is 19.1 Å². The first-order valence-corrected chi connectivity index (χ1v) is 5.83. The Bertz CT molecular complexity index is 179. The molecule has 0 aliphatic rings. The van der Waals surface area contributed by atoms with Crippen molar-refractivity contribution in [3.05, 3.63) is 0 Å². The highest BCUT2D eigenvalue weighted by Gasteiger charge is 2.20. The summed E-state index contributed by atoms with van der Waals surface area (Å²) in [5.74, 6) is 0. The van der Waals surface area contributed by atoms with Crippen LogP contribution >= 0.6 is 0 Å². The smallest absolute Gasteiger partial charge is 0.317 e. The second-order valence-electron chi connectivity index (χ2n) is 4.06. The molecule has 15 heavy (non-hydrogen) atoms. The van der Waals surface area contributed by atoms with Crippen LogP contribution in [0.4, 0.5) is 4.79 Å². The zero-order valence-electron chi connectivity index (χ0n) is 10.4. The minimum absolute atomic E-state index is 0.00384. The summed E-state index contributed by atoms with van der Waals surface area (Å²) in [6.45, 7) is 9.27. The van der Waals surface area contributed by atoms with E-state index in [-0.39, 0.29) is 12.1 Å². The van der Waals surface area contributed by atoms with Crippen LogP contribution in [-0.4, -0.2) is 36.1 Å². The number of carbonyl (C=O) groups is 1. The highest BCUT2D eigenvalue weighted by Crippen LogP contribution is 2.08. The lowest BCUT2D eigenvalue weighted by Gasteiger charge is -2.31. The van der Waals surface area contributed by atoms with E-state index in [1.165, 1.54) is 0 Å². The van der Waals surface area contributed by atoms with Gasteiger partial charge in [-0.05, 0) is 26.7 Å². The number of rotatable bonds is 6. The van der Waals surface area contributed by atoms with Gasteiger partial charge < -0.3 is 16.0 Å². The van der Waals surface area contributed by atoms with Gasteiger partial charge in [0.2, 0.25) is 0 Å². The minimum atomic E-state index is 0.00384. The maximum atomic E-state index is 11.9. The Morgan fingerprint density at radius 1 is 1.33 bits per heavy atom. The summed E-state index contributed by atoms with van der Waals surface area (Å²) in [6.07, 6.45) is 1.95.